The molecular weight excluding hydrogens is 339 g/mol. The van der Waals surface area contributed by atoms with Crippen LogP contribution in [-0.4, -0.2) is 33.6 Å². The first kappa shape index (κ1) is 18.3. The summed E-state index contributed by atoms with van der Waals surface area (Å²) in [7, 11) is 3.50. The standard InChI is InChI=1S/C15H18F3N5S/c1-5-20-12(14(19-3)24-6-2)13-22-9-7-11(15(16,17)18)21-8-10(9)23(13)4/h5,7-8,19H,6H2,1-4H3/b14-12+,20-5?. The van der Waals surface area contributed by atoms with Crippen molar-refractivity contribution in [3.05, 3.63) is 28.8 Å². The molecule has 1 N–H and O–H groups in total. The van der Waals surface area contributed by atoms with Crippen LogP contribution >= 0.6 is 11.8 Å². The first-order valence-electron chi connectivity index (χ1n) is 7.27. The smallest absolute Gasteiger partial charge is 0.381 e. The second-order valence-corrected chi connectivity index (χ2v) is 6.07. The second kappa shape index (κ2) is 7.25. The molecule has 2 heterocycles. The molecule has 2 aromatic heterocycles. The van der Waals surface area contributed by atoms with Gasteiger partial charge < -0.3 is 9.88 Å². The number of hydrogen-bond acceptors (Lipinski definition) is 5. The first-order chi connectivity index (χ1) is 11.3. The van der Waals surface area contributed by atoms with Crippen molar-refractivity contribution in [2.75, 3.05) is 12.8 Å². The lowest BCUT2D eigenvalue weighted by Gasteiger charge is -2.10. The minimum Gasteiger partial charge on any atom is -0.381 e. The van der Waals surface area contributed by atoms with Gasteiger partial charge in [-0.25, -0.2) is 9.97 Å². The van der Waals surface area contributed by atoms with Crippen LogP contribution in [0.4, 0.5) is 13.2 Å². The number of fused-ring (bicyclic) bond motifs is 1. The Morgan fingerprint density at radius 3 is 2.71 bits per heavy atom. The molecule has 2 aromatic rings. The molecule has 0 aromatic carbocycles. The minimum atomic E-state index is -4.50. The van der Waals surface area contributed by atoms with Gasteiger partial charge in [-0.1, -0.05) is 6.92 Å². The van der Waals surface area contributed by atoms with Gasteiger partial charge >= 0.3 is 6.18 Å². The highest BCUT2D eigenvalue weighted by Gasteiger charge is 2.33. The molecule has 0 atom stereocenters. The molecule has 0 amide bonds. The number of aliphatic imine (C=N–C) groups is 1. The molecule has 0 fully saturated rings. The number of nitrogens with one attached hydrogen (secondary N) is 1. The molecule has 0 aliphatic rings. The normalized spacial score (nSPS) is 13.6. The lowest BCUT2D eigenvalue weighted by molar-refractivity contribution is -0.141. The van der Waals surface area contributed by atoms with Crippen LogP contribution in [0.15, 0.2) is 22.3 Å². The van der Waals surface area contributed by atoms with Gasteiger partial charge in [-0.05, 0) is 18.7 Å². The third kappa shape index (κ3) is 3.55. The molecule has 9 heteroatoms. The van der Waals surface area contributed by atoms with E-state index in [1.807, 2.05) is 6.92 Å². The number of aryl methyl sites for hydroxylation is 1. The van der Waals surface area contributed by atoms with E-state index in [-0.39, 0.29) is 5.52 Å². The number of hydrogen-bond donors (Lipinski definition) is 1. The summed E-state index contributed by atoms with van der Waals surface area (Å²) in [5.74, 6) is 1.30. The van der Waals surface area contributed by atoms with Crippen molar-refractivity contribution in [3.63, 3.8) is 0 Å². The van der Waals surface area contributed by atoms with Gasteiger partial charge in [-0.15, -0.1) is 11.8 Å². The predicted molar refractivity (Wildman–Crippen MR) is 91.8 cm³/mol. The third-order valence-electron chi connectivity index (χ3n) is 3.26. The van der Waals surface area contributed by atoms with E-state index in [9.17, 15) is 13.2 Å². The van der Waals surface area contributed by atoms with E-state index in [1.54, 1.807) is 43.6 Å². The molecule has 0 spiro atoms. The van der Waals surface area contributed by atoms with Gasteiger partial charge in [0.05, 0.1) is 22.3 Å². The number of aromatic nitrogens is 3. The zero-order valence-electron chi connectivity index (χ0n) is 13.8. The van der Waals surface area contributed by atoms with Gasteiger partial charge in [-0.3, -0.25) is 4.99 Å². The van der Waals surface area contributed by atoms with Crippen molar-refractivity contribution in [3.8, 4) is 0 Å². The van der Waals surface area contributed by atoms with E-state index in [4.69, 9.17) is 0 Å². The highest BCUT2D eigenvalue weighted by atomic mass is 32.2. The molecule has 0 aliphatic carbocycles. The van der Waals surface area contributed by atoms with Gasteiger partial charge in [-0.2, -0.15) is 13.2 Å². The van der Waals surface area contributed by atoms with Crippen molar-refractivity contribution in [1.82, 2.24) is 19.9 Å². The van der Waals surface area contributed by atoms with Gasteiger partial charge in [0, 0.05) is 20.3 Å². The second-order valence-electron chi connectivity index (χ2n) is 4.80. The number of thioether (sulfide) groups is 1. The summed E-state index contributed by atoms with van der Waals surface area (Å²) in [5.41, 5.74) is 0.370. The Labute approximate surface area is 142 Å². The fraction of sp³-hybridized carbons (Fsp3) is 0.400. The number of imidazole rings is 1. The highest BCUT2D eigenvalue weighted by molar-refractivity contribution is 8.03. The van der Waals surface area contributed by atoms with E-state index in [1.165, 1.54) is 6.20 Å². The third-order valence-corrected chi connectivity index (χ3v) is 4.23. The topological polar surface area (TPSA) is 55.1 Å². The van der Waals surface area contributed by atoms with E-state index >= 15 is 0 Å². The molecular formula is C15H18F3N5S. The van der Waals surface area contributed by atoms with Crippen LogP contribution in [0, 0.1) is 0 Å². The van der Waals surface area contributed by atoms with Crippen LogP contribution in [0.5, 0.6) is 0 Å². The highest BCUT2D eigenvalue weighted by Crippen LogP contribution is 2.31. The van der Waals surface area contributed by atoms with E-state index < -0.39 is 11.9 Å². The zero-order valence-corrected chi connectivity index (χ0v) is 14.6. The summed E-state index contributed by atoms with van der Waals surface area (Å²) in [6.45, 7) is 3.78. The van der Waals surface area contributed by atoms with E-state index in [2.05, 4.69) is 20.3 Å². The Balaban J connectivity index is 2.68. The lowest BCUT2D eigenvalue weighted by Crippen LogP contribution is -2.08. The van der Waals surface area contributed by atoms with E-state index in [0.717, 1.165) is 16.8 Å². The zero-order chi connectivity index (χ0) is 17.9. The molecule has 130 valence electrons. The molecule has 0 saturated heterocycles. The summed E-state index contributed by atoms with van der Waals surface area (Å²) in [6, 6.07) is 0.956. The largest absolute Gasteiger partial charge is 0.433 e. The number of nitrogens with zero attached hydrogens (tertiary/aromatic N) is 4. The summed E-state index contributed by atoms with van der Waals surface area (Å²) in [4.78, 5) is 12.2. The predicted octanol–water partition coefficient (Wildman–Crippen LogP) is 3.68. The van der Waals surface area contributed by atoms with Crippen LogP contribution in [0.25, 0.3) is 16.7 Å². The minimum absolute atomic E-state index is 0.232. The maximum absolute atomic E-state index is 12.8. The van der Waals surface area contributed by atoms with Gasteiger partial charge in [0.2, 0.25) is 0 Å². The summed E-state index contributed by atoms with van der Waals surface area (Å²) < 4.78 is 40.2. The first-order valence-corrected chi connectivity index (χ1v) is 8.25. The van der Waals surface area contributed by atoms with Crippen LogP contribution in [0.1, 0.15) is 25.4 Å². The van der Waals surface area contributed by atoms with Crippen molar-refractivity contribution in [1.29, 1.82) is 0 Å². The Hall–Kier alpha value is -2.03. The molecule has 0 unspecified atom stereocenters. The van der Waals surface area contributed by atoms with Gasteiger partial charge in [0.1, 0.15) is 11.4 Å². The molecule has 0 aliphatic heterocycles. The average Bonchev–Trinajstić information content (AvgIpc) is 2.86. The van der Waals surface area contributed by atoms with Gasteiger partial charge in [0.15, 0.2) is 5.82 Å². The fourth-order valence-corrected chi connectivity index (χ4v) is 2.92. The van der Waals surface area contributed by atoms with Crippen LogP contribution in [-0.2, 0) is 13.2 Å². The van der Waals surface area contributed by atoms with Crippen molar-refractivity contribution in [2.24, 2.45) is 12.0 Å². The van der Waals surface area contributed by atoms with Gasteiger partial charge in [0.25, 0.3) is 0 Å². The molecule has 24 heavy (non-hydrogen) atoms. The maximum atomic E-state index is 12.8. The SMILES string of the molecule is CC=N/C(=C(\NC)SCC)c1nc2cc(C(F)(F)F)ncc2n1C. The molecule has 0 saturated carbocycles. The monoisotopic (exact) mass is 357 g/mol. The fourth-order valence-electron chi connectivity index (χ4n) is 2.21. The quantitative estimate of drug-likeness (QED) is 0.830. The summed E-state index contributed by atoms with van der Waals surface area (Å²) in [5, 5.41) is 3.88. The average molecular weight is 357 g/mol. The summed E-state index contributed by atoms with van der Waals surface area (Å²) >= 11 is 1.55. The number of alkyl halides is 3. The number of rotatable bonds is 5. The maximum Gasteiger partial charge on any atom is 0.433 e. The Morgan fingerprint density at radius 1 is 1.46 bits per heavy atom. The van der Waals surface area contributed by atoms with Crippen LogP contribution < -0.4 is 5.32 Å². The Morgan fingerprint density at radius 2 is 2.17 bits per heavy atom. The molecule has 0 radical (unpaired) electrons. The lowest BCUT2D eigenvalue weighted by atomic mass is 10.3. The number of halogens is 3. The van der Waals surface area contributed by atoms with Crippen LogP contribution in [0.2, 0.25) is 0 Å². The molecule has 2 rings (SSSR count). The molecule has 5 nitrogen and oxygen atoms in total. The van der Waals surface area contributed by atoms with Crippen molar-refractivity contribution < 1.29 is 13.2 Å². The molecule has 0 bridgehead atoms. The Kier molecular flexibility index (Phi) is 5.53. The number of pyridine rings is 1. The van der Waals surface area contributed by atoms with Crippen molar-refractivity contribution in [2.45, 2.75) is 20.0 Å². The van der Waals surface area contributed by atoms with E-state index in [0.29, 0.717) is 17.0 Å². The Bertz CT molecular complexity index is 792. The van der Waals surface area contributed by atoms with Crippen LogP contribution in [0.3, 0.4) is 0 Å². The summed E-state index contributed by atoms with van der Waals surface area (Å²) in [6.07, 6.45) is -1.68. The van der Waals surface area contributed by atoms with Crippen molar-refractivity contribution >= 4 is 34.7 Å².